The topological polar surface area (TPSA) is 49.8 Å². The minimum atomic E-state index is 0.0268. The fourth-order valence-corrected chi connectivity index (χ4v) is 3.03. The predicted octanol–water partition coefficient (Wildman–Crippen LogP) is 4.53. The molecule has 0 aliphatic carbocycles. The van der Waals surface area contributed by atoms with E-state index in [9.17, 15) is 4.79 Å². The maximum Gasteiger partial charge on any atom is 0.224 e. The van der Waals surface area contributed by atoms with Gasteiger partial charge < -0.3 is 14.9 Å². The number of hydrogen-bond donors (Lipinski definition) is 2. The number of nitrogens with one attached hydrogen (secondary N) is 2. The first-order valence-corrected chi connectivity index (χ1v) is 8.38. The van der Waals surface area contributed by atoms with E-state index in [4.69, 9.17) is 0 Å². The van der Waals surface area contributed by atoms with Gasteiger partial charge in [-0.3, -0.25) is 4.79 Å². The zero-order valence-corrected chi connectivity index (χ0v) is 13.8. The van der Waals surface area contributed by atoms with Crippen molar-refractivity contribution in [2.45, 2.75) is 12.8 Å². The number of aromatic nitrogens is 2. The highest BCUT2D eigenvalue weighted by molar-refractivity contribution is 5.91. The molecule has 2 aromatic carbocycles. The normalized spacial score (nSPS) is 10.9. The summed E-state index contributed by atoms with van der Waals surface area (Å²) in [6.07, 6.45) is 7.16. The molecule has 4 aromatic rings. The third-order valence-corrected chi connectivity index (χ3v) is 4.35. The summed E-state index contributed by atoms with van der Waals surface area (Å²) in [6.45, 7) is 0. The van der Waals surface area contributed by atoms with Gasteiger partial charge in [-0.05, 0) is 54.4 Å². The molecule has 0 unspecified atom stereocenters. The van der Waals surface area contributed by atoms with Gasteiger partial charge in [0.2, 0.25) is 5.91 Å². The smallest absolute Gasteiger partial charge is 0.224 e. The largest absolute Gasteiger partial charge is 0.361 e. The zero-order chi connectivity index (χ0) is 17.1. The highest BCUT2D eigenvalue weighted by Crippen LogP contribution is 2.19. The van der Waals surface area contributed by atoms with Gasteiger partial charge >= 0.3 is 0 Å². The maximum absolute atomic E-state index is 12.2. The number of H-pyrrole nitrogens is 1. The van der Waals surface area contributed by atoms with Crippen LogP contribution in [0, 0.1) is 0 Å². The summed E-state index contributed by atoms with van der Waals surface area (Å²) in [7, 11) is 0. The zero-order valence-electron chi connectivity index (χ0n) is 13.8. The van der Waals surface area contributed by atoms with Crippen molar-refractivity contribution in [2.24, 2.45) is 0 Å². The number of aromatic amines is 1. The van der Waals surface area contributed by atoms with Gasteiger partial charge in [0.05, 0.1) is 0 Å². The first-order chi connectivity index (χ1) is 12.3. The SMILES string of the molecule is O=C(CCc1c[nH]c2ccccc12)Nc1ccc(-n2cccc2)cc1. The van der Waals surface area contributed by atoms with Gasteiger partial charge in [-0.25, -0.2) is 0 Å². The van der Waals surface area contributed by atoms with Crippen LogP contribution < -0.4 is 5.32 Å². The first-order valence-electron chi connectivity index (χ1n) is 8.38. The number of carbonyl (C=O) groups is 1. The minimum Gasteiger partial charge on any atom is -0.361 e. The van der Waals surface area contributed by atoms with Crippen LogP contribution in [0.25, 0.3) is 16.6 Å². The second-order valence-corrected chi connectivity index (χ2v) is 6.04. The molecular formula is C21H19N3O. The number of para-hydroxylation sites is 1. The number of hydrogen-bond acceptors (Lipinski definition) is 1. The van der Waals surface area contributed by atoms with Crippen molar-refractivity contribution in [1.82, 2.24) is 9.55 Å². The molecule has 2 heterocycles. The average Bonchev–Trinajstić information content (AvgIpc) is 3.31. The Morgan fingerprint density at radius 2 is 1.72 bits per heavy atom. The Morgan fingerprint density at radius 1 is 0.960 bits per heavy atom. The molecule has 0 spiro atoms. The highest BCUT2D eigenvalue weighted by Gasteiger charge is 2.07. The van der Waals surface area contributed by atoms with Crippen molar-refractivity contribution in [2.75, 3.05) is 5.32 Å². The van der Waals surface area contributed by atoms with Gasteiger partial charge in [0.25, 0.3) is 0 Å². The van der Waals surface area contributed by atoms with Gasteiger partial charge in [0, 0.05) is 47.3 Å². The third-order valence-electron chi connectivity index (χ3n) is 4.35. The lowest BCUT2D eigenvalue weighted by molar-refractivity contribution is -0.116. The molecule has 0 radical (unpaired) electrons. The molecule has 0 saturated carbocycles. The van der Waals surface area contributed by atoms with E-state index >= 15 is 0 Å². The molecule has 124 valence electrons. The monoisotopic (exact) mass is 329 g/mol. The van der Waals surface area contributed by atoms with Crippen molar-refractivity contribution in [1.29, 1.82) is 0 Å². The van der Waals surface area contributed by atoms with E-state index in [1.165, 1.54) is 10.9 Å². The molecule has 0 saturated heterocycles. The number of rotatable bonds is 5. The van der Waals surface area contributed by atoms with E-state index < -0.39 is 0 Å². The van der Waals surface area contributed by atoms with Crippen molar-refractivity contribution >= 4 is 22.5 Å². The molecule has 0 aliphatic rings. The number of amides is 1. The van der Waals surface area contributed by atoms with E-state index in [0.29, 0.717) is 6.42 Å². The molecule has 4 nitrogen and oxygen atoms in total. The van der Waals surface area contributed by atoms with Crippen molar-refractivity contribution in [3.05, 3.63) is 84.8 Å². The van der Waals surface area contributed by atoms with Gasteiger partial charge in [0.15, 0.2) is 0 Å². The third kappa shape index (κ3) is 3.33. The van der Waals surface area contributed by atoms with Crippen LogP contribution in [-0.2, 0) is 11.2 Å². The van der Waals surface area contributed by atoms with Crippen molar-refractivity contribution < 1.29 is 4.79 Å². The van der Waals surface area contributed by atoms with Gasteiger partial charge in [-0.15, -0.1) is 0 Å². The van der Waals surface area contributed by atoms with Crippen LogP contribution in [0.4, 0.5) is 5.69 Å². The lowest BCUT2D eigenvalue weighted by Crippen LogP contribution is -2.12. The molecule has 2 N–H and O–H groups in total. The van der Waals surface area contributed by atoms with Gasteiger partial charge in [-0.1, -0.05) is 18.2 Å². The van der Waals surface area contributed by atoms with E-state index in [2.05, 4.69) is 16.4 Å². The van der Waals surface area contributed by atoms with E-state index in [1.807, 2.05) is 77.8 Å². The van der Waals surface area contributed by atoms with Crippen LogP contribution in [0.2, 0.25) is 0 Å². The quantitative estimate of drug-likeness (QED) is 0.555. The Hall–Kier alpha value is -3.27. The number of fused-ring (bicyclic) bond motifs is 1. The first kappa shape index (κ1) is 15.3. The molecular weight excluding hydrogens is 310 g/mol. The van der Waals surface area contributed by atoms with Crippen molar-refractivity contribution in [3.8, 4) is 5.69 Å². The Morgan fingerprint density at radius 3 is 2.52 bits per heavy atom. The van der Waals surface area contributed by atoms with Crippen LogP contribution in [0.5, 0.6) is 0 Å². The van der Waals surface area contributed by atoms with Crippen molar-refractivity contribution in [3.63, 3.8) is 0 Å². The summed E-state index contributed by atoms with van der Waals surface area (Å²) >= 11 is 0. The summed E-state index contributed by atoms with van der Waals surface area (Å²) in [5, 5.41) is 4.15. The summed E-state index contributed by atoms with van der Waals surface area (Å²) in [6, 6.07) is 20.0. The fourth-order valence-electron chi connectivity index (χ4n) is 3.03. The van der Waals surface area contributed by atoms with Gasteiger partial charge in [-0.2, -0.15) is 0 Å². The lowest BCUT2D eigenvalue weighted by Gasteiger charge is -2.07. The number of carbonyl (C=O) groups excluding carboxylic acids is 1. The second kappa shape index (κ2) is 6.69. The standard InChI is InChI=1S/C21H19N3O/c25-21(12-7-16-15-22-20-6-2-1-5-19(16)20)23-17-8-10-18(11-9-17)24-13-3-4-14-24/h1-6,8-11,13-15,22H,7,12H2,(H,23,25). The Kier molecular flexibility index (Phi) is 4.09. The van der Waals surface area contributed by atoms with Crippen LogP contribution >= 0.6 is 0 Å². The molecule has 0 aliphatic heterocycles. The summed E-state index contributed by atoms with van der Waals surface area (Å²) in [4.78, 5) is 15.5. The molecule has 4 rings (SSSR count). The Bertz CT molecular complexity index is 982. The van der Waals surface area contributed by atoms with E-state index in [-0.39, 0.29) is 5.91 Å². The Balaban J connectivity index is 1.37. The van der Waals surface area contributed by atoms with E-state index in [0.717, 1.165) is 23.3 Å². The molecule has 2 aromatic heterocycles. The Labute approximate surface area is 146 Å². The summed E-state index contributed by atoms with van der Waals surface area (Å²) < 4.78 is 2.03. The predicted molar refractivity (Wildman–Crippen MR) is 101 cm³/mol. The molecule has 0 atom stereocenters. The van der Waals surface area contributed by atoms with Crippen LogP contribution in [0.3, 0.4) is 0 Å². The fraction of sp³-hybridized carbons (Fsp3) is 0.0952. The summed E-state index contributed by atoms with van der Waals surface area (Å²) in [5.41, 5.74) is 4.17. The number of aryl methyl sites for hydroxylation is 1. The van der Waals surface area contributed by atoms with Crippen LogP contribution in [-0.4, -0.2) is 15.5 Å². The average molecular weight is 329 g/mol. The molecule has 25 heavy (non-hydrogen) atoms. The molecule has 4 heteroatoms. The molecule has 1 amide bonds. The molecule has 0 fully saturated rings. The number of benzene rings is 2. The second-order valence-electron chi connectivity index (χ2n) is 6.04. The number of nitrogens with zero attached hydrogens (tertiary/aromatic N) is 1. The maximum atomic E-state index is 12.2. The number of anilines is 1. The van der Waals surface area contributed by atoms with E-state index in [1.54, 1.807) is 0 Å². The molecule has 0 bridgehead atoms. The minimum absolute atomic E-state index is 0.0268. The highest BCUT2D eigenvalue weighted by atomic mass is 16.1. The lowest BCUT2D eigenvalue weighted by atomic mass is 10.1. The summed E-state index contributed by atoms with van der Waals surface area (Å²) in [5.74, 6) is 0.0268. The van der Waals surface area contributed by atoms with Crippen LogP contribution in [0.15, 0.2) is 79.3 Å². The van der Waals surface area contributed by atoms with Gasteiger partial charge in [0.1, 0.15) is 0 Å². The van der Waals surface area contributed by atoms with Crippen LogP contribution in [0.1, 0.15) is 12.0 Å².